The van der Waals surface area contributed by atoms with Crippen molar-refractivity contribution in [2.24, 2.45) is 0 Å². The van der Waals surface area contributed by atoms with Crippen molar-refractivity contribution in [3.63, 3.8) is 0 Å². The van der Waals surface area contributed by atoms with Gasteiger partial charge in [0.25, 0.3) is 0 Å². The van der Waals surface area contributed by atoms with Crippen LogP contribution in [0, 0.1) is 0 Å². The zero-order chi connectivity index (χ0) is 24.9. The molecule has 2 heterocycles. The van der Waals surface area contributed by atoms with Crippen LogP contribution in [0.3, 0.4) is 0 Å². The first-order valence-corrected chi connectivity index (χ1v) is 11.7. The Bertz CT molecular complexity index is 1380. The van der Waals surface area contributed by atoms with Crippen molar-refractivity contribution >= 4 is 17.6 Å². The average molecular weight is 483 g/mol. The Morgan fingerprint density at radius 3 is 2.47 bits per heavy atom. The topological polar surface area (TPSA) is 87.5 Å². The molecule has 5 rings (SSSR count). The van der Waals surface area contributed by atoms with Gasteiger partial charge in [-0.05, 0) is 35.7 Å². The van der Waals surface area contributed by atoms with Crippen LogP contribution in [-0.4, -0.2) is 34.5 Å². The number of methoxy groups -OCH3 is 1. The van der Waals surface area contributed by atoms with E-state index in [1.54, 1.807) is 18.7 Å². The molecule has 3 aromatic carbocycles. The summed E-state index contributed by atoms with van der Waals surface area (Å²) in [6, 6.07) is 24.6. The Kier molecular flexibility index (Phi) is 6.66. The molecule has 1 aromatic heterocycles. The zero-order valence-electron chi connectivity index (χ0n) is 20.0. The summed E-state index contributed by atoms with van der Waals surface area (Å²) in [6.07, 6.45) is 1.46. The van der Waals surface area contributed by atoms with Crippen molar-refractivity contribution in [2.75, 3.05) is 19.0 Å². The minimum Gasteiger partial charge on any atom is -0.493 e. The number of anilines is 1. The van der Waals surface area contributed by atoms with E-state index in [1.165, 1.54) is 6.33 Å². The van der Waals surface area contributed by atoms with E-state index in [2.05, 4.69) is 15.4 Å². The maximum absolute atomic E-state index is 13.3. The summed E-state index contributed by atoms with van der Waals surface area (Å²) in [6.45, 7) is 2.44. The predicted octanol–water partition coefficient (Wildman–Crippen LogP) is 4.86. The molecule has 1 aliphatic heterocycles. The number of carbonyl (C=O) groups excluding carboxylic acids is 1. The fourth-order valence-corrected chi connectivity index (χ4v) is 4.24. The highest BCUT2D eigenvalue weighted by Crippen LogP contribution is 2.41. The van der Waals surface area contributed by atoms with Crippen molar-refractivity contribution in [2.45, 2.75) is 19.6 Å². The molecule has 36 heavy (non-hydrogen) atoms. The number of hydrogen-bond acceptors (Lipinski definition) is 7. The molecular formula is C28H26N4O4. The Morgan fingerprint density at radius 2 is 1.75 bits per heavy atom. The van der Waals surface area contributed by atoms with Gasteiger partial charge in [0.05, 0.1) is 25.0 Å². The Labute approximate surface area is 209 Å². The van der Waals surface area contributed by atoms with E-state index in [4.69, 9.17) is 14.2 Å². The molecule has 0 saturated heterocycles. The molecule has 0 radical (unpaired) electrons. The molecule has 8 heteroatoms. The van der Waals surface area contributed by atoms with Gasteiger partial charge in [0.15, 0.2) is 11.5 Å². The normalized spacial score (nSPS) is 14.6. The molecule has 4 aromatic rings. The standard InChI is InChI=1S/C28H26N4O4/c1-3-35-27(33)24-25(20-12-8-5-9-13-20)31-28-29-18-30-32(28)26(24)21-14-15-22(23(16-21)34-2)36-17-19-10-6-4-7-11-19/h4-16,18,26H,3,17H2,1-2H3,(H,29,30,31). The maximum atomic E-state index is 13.3. The largest absolute Gasteiger partial charge is 0.493 e. The van der Waals surface area contributed by atoms with Crippen molar-refractivity contribution in [3.8, 4) is 11.5 Å². The van der Waals surface area contributed by atoms with E-state index in [0.717, 1.165) is 16.7 Å². The molecule has 1 atom stereocenters. The van der Waals surface area contributed by atoms with Crippen LogP contribution in [-0.2, 0) is 16.1 Å². The SMILES string of the molecule is CCOC(=O)C1=C(c2ccccc2)Nc2ncnn2C1c1ccc(OCc2ccccc2)c(OC)c1. The van der Waals surface area contributed by atoms with Crippen LogP contribution >= 0.6 is 0 Å². The molecule has 8 nitrogen and oxygen atoms in total. The highest BCUT2D eigenvalue weighted by Gasteiger charge is 2.36. The van der Waals surface area contributed by atoms with E-state index in [1.807, 2.05) is 78.9 Å². The van der Waals surface area contributed by atoms with Crippen LogP contribution in [0.5, 0.6) is 11.5 Å². The van der Waals surface area contributed by atoms with Crippen LogP contribution in [0.1, 0.15) is 29.7 Å². The minimum absolute atomic E-state index is 0.247. The molecule has 0 spiro atoms. The zero-order valence-corrected chi connectivity index (χ0v) is 20.0. The van der Waals surface area contributed by atoms with E-state index in [-0.39, 0.29) is 6.61 Å². The smallest absolute Gasteiger partial charge is 0.338 e. The lowest BCUT2D eigenvalue weighted by Crippen LogP contribution is -2.30. The first kappa shape index (κ1) is 23.2. The third-order valence-corrected chi connectivity index (χ3v) is 5.90. The predicted molar refractivity (Wildman–Crippen MR) is 136 cm³/mol. The van der Waals surface area contributed by atoms with Crippen LogP contribution < -0.4 is 14.8 Å². The lowest BCUT2D eigenvalue weighted by molar-refractivity contribution is -0.138. The van der Waals surface area contributed by atoms with Gasteiger partial charge in [0.2, 0.25) is 5.95 Å². The highest BCUT2D eigenvalue weighted by atomic mass is 16.5. The van der Waals surface area contributed by atoms with E-state index in [0.29, 0.717) is 35.3 Å². The number of nitrogens with one attached hydrogen (secondary N) is 1. The Morgan fingerprint density at radius 1 is 1.00 bits per heavy atom. The van der Waals surface area contributed by atoms with Gasteiger partial charge in [-0.2, -0.15) is 10.1 Å². The summed E-state index contributed by atoms with van der Waals surface area (Å²) in [7, 11) is 1.59. The molecule has 1 unspecified atom stereocenters. The lowest BCUT2D eigenvalue weighted by Gasteiger charge is -2.30. The first-order chi connectivity index (χ1) is 17.7. The third-order valence-electron chi connectivity index (χ3n) is 5.90. The van der Waals surface area contributed by atoms with Gasteiger partial charge in [-0.1, -0.05) is 66.7 Å². The molecule has 0 fully saturated rings. The second kappa shape index (κ2) is 10.4. The van der Waals surface area contributed by atoms with Gasteiger partial charge in [-0.15, -0.1) is 0 Å². The van der Waals surface area contributed by atoms with Gasteiger partial charge >= 0.3 is 5.97 Å². The van der Waals surface area contributed by atoms with Crippen molar-refractivity contribution in [1.29, 1.82) is 0 Å². The summed E-state index contributed by atoms with van der Waals surface area (Å²) in [5.74, 6) is 1.24. The maximum Gasteiger partial charge on any atom is 0.338 e. The molecule has 0 bridgehead atoms. The first-order valence-electron chi connectivity index (χ1n) is 11.7. The van der Waals surface area contributed by atoms with Crippen LogP contribution in [0.2, 0.25) is 0 Å². The quantitative estimate of drug-likeness (QED) is 0.359. The monoisotopic (exact) mass is 482 g/mol. The second-order valence-electron chi connectivity index (χ2n) is 8.12. The van der Waals surface area contributed by atoms with Crippen molar-refractivity contribution in [1.82, 2.24) is 14.8 Å². The summed E-state index contributed by atoms with van der Waals surface area (Å²) in [5.41, 5.74) is 3.73. The lowest BCUT2D eigenvalue weighted by atomic mass is 9.92. The van der Waals surface area contributed by atoms with E-state index >= 15 is 0 Å². The number of carbonyl (C=O) groups is 1. The molecule has 1 N–H and O–H groups in total. The molecule has 0 amide bonds. The van der Waals surface area contributed by atoms with E-state index in [9.17, 15) is 4.79 Å². The number of esters is 1. The van der Waals surface area contributed by atoms with Crippen LogP contribution in [0.15, 0.2) is 90.8 Å². The van der Waals surface area contributed by atoms with Gasteiger partial charge < -0.3 is 19.5 Å². The number of nitrogens with zero attached hydrogens (tertiary/aromatic N) is 3. The van der Waals surface area contributed by atoms with Crippen LogP contribution in [0.25, 0.3) is 5.70 Å². The van der Waals surface area contributed by atoms with Crippen molar-refractivity contribution < 1.29 is 19.0 Å². The number of fused-ring (bicyclic) bond motifs is 1. The van der Waals surface area contributed by atoms with Gasteiger partial charge in [-0.3, -0.25) is 0 Å². The summed E-state index contributed by atoms with van der Waals surface area (Å²) in [5, 5.41) is 7.69. The fourth-order valence-electron chi connectivity index (χ4n) is 4.24. The van der Waals surface area contributed by atoms with Gasteiger partial charge in [-0.25, -0.2) is 9.48 Å². The second-order valence-corrected chi connectivity index (χ2v) is 8.12. The minimum atomic E-state index is -0.588. The molecule has 0 aliphatic carbocycles. The Hall–Kier alpha value is -4.59. The summed E-state index contributed by atoms with van der Waals surface area (Å²) < 4.78 is 18.9. The van der Waals surface area contributed by atoms with Gasteiger partial charge in [0, 0.05) is 0 Å². The summed E-state index contributed by atoms with van der Waals surface area (Å²) >= 11 is 0. The van der Waals surface area contributed by atoms with Crippen molar-refractivity contribution in [3.05, 3.63) is 107 Å². The average Bonchev–Trinajstić information content (AvgIpc) is 3.40. The Balaban J connectivity index is 1.59. The third kappa shape index (κ3) is 4.53. The molecule has 0 saturated carbocycles. The van der Waals surface area contributed by atoms with E-state index < -0.39 is 12.0 Å². The molecule has 182 valence electrons. The molecule has 1 aliphatic rings. The highest BCUT2D eigenvalue weighted by molar-refractivity contribution is 6.02. The van der Waals surface area contributed by atoms with Gasteiger partial charge in [0.1, 0.15) is 19.0 Å². The number of aromatic nitrogens is 3. The number of hydrogen-bond donors (Lipinski definition) is 1. The molecular weight excluding hydrogens is 456 g/mol. The van der Waals surface area contributed by atoms with Crippen LogP contribution in [0.4, 0.5) is 5.95 Å². The number of rotatable bonds is 8. The number of ether oxygens (including phenoxy) is 3. The number of benzene rings is 3. The fraction of sp³-hybridized carbons (Fsp3) is 0.179. The summed E-state index contributed by atoms with van der Waals surface area (Å²) in [4.78, 5) is 17.7.